The van der Waals surface area contributed by atoms with Gasteiger partial charge in [0.25, 0.3) is 0 Å². The summed E-state index contributed by atoms with van der Waals surface area (Å²) in [6.45, 7) is 2.31. The van der Waals surface area contributed by atoms with Crippen LogP contribution in [0.3, 0.4) is 0 Å². The molecule has 0 aromatic heterocycles. The Morgan fingerprint density at radius 2 is 2.17 bits per heavy atom. The zero-order valence-electron chi connectivity index (χ0n) is 11.0. The van der Waals surface area contributed by atoms with E-state index in [1.165, 1.54) is 0 Å². The van der Waals surface area contributed by atoms with Crippen molar-refractivity contribution in [2.75, 3.05) is 34.0 Å². The van der Waals surface area contributed by atoms with E-state index in [2.05, 4.69) is 5.32 Å². The van der Waals surface area contributed by atoms with Gasteiger partial charge in [-0.05, 0) is 25.6 Å². The highest BCUT2D eigenvalue weighted by atomic mass is 16.5. The molecule has 0 spiro atoms. The van der Waals surface area contributed by atoms with Gasteiger partial charge in [0, 0.05) is 18.6 Å². The van der Waals surface area contributed by atoms with E-state index in [-0.39, 0.29) is 0 Å². The predicted molar refractivity (Wildman–Crippen MR) is 70.3 cm³/mol. The number of hydrogen-bond acceptors (Lipinski definition) is 4. The summed E-state index contributed by atoms with van der Waals surface area (Å²) in [6, 6.07) is 8.04. The summed E-state index contributed by atoms with van der Waals surface area (Å²) in [4.78, 5) is 0. The fourth-order valence-electron chi connectivity index (χ4n) is 2.24. The van der Waals surface area contributed by atoms with Crippen LogP contribution < -0.4 is 14.8 Å². The Labute approximate surface area is 108 Å². The molecule has 0 bridgehead atoms. The molecule has 0 amide bonds. The molecule has 100 valence electrons. The third-order valence-electron chi connectivity index (χ3n) is 3.39. The van der Waals surface area contributed by atoms with Crippen molar-refractivity contribution in [1.82, 2.24) is 5.32 Å². The molecule has 1 saturated heterocycles. The smallest absolute Gasteiger partial charge is 0.161 e. The number of hydrogen-bond donors (Lipinski definition) is 1. The standard InChI is InChI=1S/C14H21NO3/c1-15-12(11-7-8-17-9-11)10-18-14-6-4-3-5-13(14)16-2/h3-6,11-12,15H,7-10H2,1-2H3. The van der Waals surface area contributed by atoms with Crippen molar-refractivity contribution in [3.05, 3.63) is 24.3 Å². The summed E-state index contributed by atoms with van der Waals surface area (Å²) in [5.41, 5.74) is 0. The van der Waals surface area contributed by atoms with E-state index in [4.69, 9.17) is 14.2 Å². The maximum absolute atomic E-state index is 5.85. The minimum absolute atomic E-state index is 0.317. The number of methoxy groups -OCH3 is 1. The second kappa shape index (κ2) is 6.61. The quantitative estimate of drug-likeness (QED) is 0.835. The minimum Gasteiger partial charge on any atom is -0.493 e. The fraction of sp³-hybridized carbons (Fsp3) is 0.571. The average Bonchev–Trinajstić information content (AvgIpc) is 2.94. The van der Waals surface area contributed by atoms with Crippen LogP contribution in [-0.4, -0.2) is 40.0 Å². The minimum atomic E-state index is 0.317. The van der Waals surface area contributed by atoms with Gasteiger partial charge in [0.05, 0.1) is 13.7 Å². The average molecular weight is 251 g/mol. The molecule has 4 nitrogen and oxygen atoms in total. The molecule has 18 heavy (non-hydrogen) atoms. The molecule has 1 heterocycles. The molecule has 1 aromatic carbocycles. The second-order valence-corrected chi connectivity index (χ2v) is 4.48. The Morgan fingerprint density at radius 1 is 1.39 bits per heavy atom. The van der Waals surface area contributed by atoms with Crippen LogP contribution in [0.1, 0.15) is 6.42 Å². The summed E-state index contributed by atoms with van der Waals surface area (Å²) < 4.78 is 16.5. The van der Waals surface area contributed by atoms with Gasteiger partial charge in [-0.25, -0.2) is 0 Å². The molecule has 0 aliphatic carbocycles. The SMILES string of the molecule is CNC(COc1ccccc1OC)C1CCOC1. The summed E-state index contributed by atoms with van der Waals surface area (Å²) in [7, 11) is 3.62. The number of rotatable bonds is 6. The molecule has 1 fully saturated rings. The van der Waals surface area contributed by atoms with E-state index in [0.717, 1.165) is 31.1 Å². The first-order valence-corrected chi connectivity index (χ1v) is 6.36. The van der Waals surface area contributed by atoms with Gasteiger partial charge in [0.1, 0.15) is 6.61 Å². The van der Waals surface area contributed by atoms with Crippen LogP contribution in [0.25, 0.3) is 0 Å². The van der Waals surface area contributed by atoms with Gasteiger partial charge < -0.3 is 19.5 Å². The Morgan fingerprint density at radius 3 is 2.78 bits per heavy atom. The van der Waals surface area contributed by atoms with Gasteiger partial charge in [-0.2, -0.15) is 0 Å². The lowest BCUT2D eigenvalue weighted by molar-refractivity contribution is 0.161. The third kappa shape index (κ3) is 3.15. The zero-order valence-corrected chi connectivity index (χ0v) is 11.0. The number of nitrogens with one attached hydrogen (secondary N) is 1. The monoisotopic (exact) mass is 251 g/mol. The second-order valence-electron chi connectivity index (χ2n) is 4.48. The molecule has 2 rings (SSSR count). The first kappa shape index (κ1) is 13.2. The molecule has 1 aliphatic heterocycles. The molecule has 1 aliphatic rings. The van der Waals surface area contributed by atoms with Crippen molar-refractivity contribution in [3.63, 3.8) is 0 Å². The van der Waals surface area contributed by atoms with Gasteiger partial charge >= 0.3 is 0 Å². The van der Waals surface area contributed by atoms with E-state index in [0.29, 0.717) is 18.6 Å². The lowest BCUT2D eigenvalue weighted by Crippen LogP contribution is -2.39. The maximum Gasteiger partial charge on any atom is 0.161 e. The molecular formula is C14H21NO3. The highest BCUT2D eigenvalue weighted by molar-refractivity contribution is 5.39. The van der Waals surface area contributed by atoms with Crippen molar-refractivity contribution in [1.29, 1.82) is 0 Å². The molecule has 0 saturated carbocycles. The molecule has 2 atom stereocenters. The van der Waals surface area contributed by atoms with E-state index in [9.17, 15) is 0 Å². The summed E-state index contributed by atoms with van der Waals surface area (Å²) >= 11 is 0. The maximum atomic E-state index is 5.85. The molecule has 0 radical (unpaired) electrons. The summed E-state index contributed by atoms with van der Waals surface area (Å²) in [5, 5.41) is 3.31. The first-order valence-electron chi connectivity index (χ1n) is 6.36. The van der Waals surface area contributed by atoms with Crippen molar-refractivity contribution >= 4 is 0 Å². The fourth-order valence-corrected chi connectivity index (χ4v) is 2.24. The van der Waals surface area contributed by atoms with Crippen LogP contribution in [0.2, 0.25) is 0 Å². The van der Waals surface area contributed by atoms with Gasteiger partial charge in [0.2, 0.25) is 0 Å². The van der Waals surface area contributed by atoms with Crippen LogP contribution in [-0.2, 0) is 4.74 Å². The van der Waals surface area contributed by atoms with E-state index >= 15 is 0 Å². The van der Waals surface area contributed by atoms with Crippen molar-refractivity contribution in [3.8, 4) is 11.5 Å². The summed E-state index contributed by atoms with van der Waals surface area (Å²) in [6.07, 6.45) is 1.10. The lowest BCUT2D eigenvalue weighted by atomic mass is 10.00. The first-order chi connectivity index (χ1) is 8.85. The topological polar surface area (TPSA) is 39.7 Å². The van der Waals surface area contributed by atoms with Gasteiger partial charge in [-0.15, -0.1) is 0 Å². The summed E-state index contributed by atoms with van der Waals surface area (Å²) in [5.74, 6) is 2.10. The normalized spacial score (nSPS) is 20.7. The van der Waals surface area contributed by atoms with Gasteiger partial charge in [-0.1, -0.05) is 12.1 Å². The van der Waals surface area contributed by atoms with Crippen molar-refractivity contribution < 1.29 is 14.2 Å². The Hall–Kier alpha value is -1.26. The largest absolute Gasteiger partial charge is 0.493 e. The van der Waals surface area contributed by atoms with Gasteiger partial charge in [0.15, 0.2) is 11.5 Å². The third-order valence-corrected chi connectivity index (χ3v) is 3.39. The van der Waals surface area contributed by atoms with Crippen LogP contribution in [0.5, 0.6) is 11.5 Å². The van der Waals surface area contributed by atoms with Crippen LogP contribution >= 0.6 is 0 Å². The Balaban J connectivity index is 1.92. The Bertz CT molecular complexity index is 364. The number of benzene rings is 1. The van der Waals surface area contributed by atoms with Gasteiger partial charge in [-0.3, -0.25) is 0 Å². The van der Waals surface area contributed by atoms with E-state index < -0.39 is 0 Å². The van der Waals surface area contributed by atoms with Crippen molar-refractivity contribution in [2.24, 2.45) is 5.92 Å². The molecule has 1 aromatic rings. The van der Waals surface area contributed by atoms with Crippen LogP contribution in [0, 0.1) is 5.92 Å². The zero-order chi connectivity index (χ0) is 12.8. The molecule has 4 heteroatoms. The Kier molecular flexibility index (Phi) is 4.84. The number of ether oxygens (including phenoxy) is 3. The predicted octanol–water partition coefficient (Wildman–Crippen LogP) is 1.70. The lowest BCUT2D eigenvalue weighted by Gasteiger charge is -2.22. The number of likely N-dealkylation sites (N-methyl/N-ethyl adjacent to an activating group) is 1. The highest BCUT2D eigenvalue weighted by Gasteiger charge is 2.25. The van der Waals surface area contributed by atoms with Crippen LogP contribution in [0.15, 0.2) is 24.3 Å². The molecule has 1 N–H and O–H groups in total. The highest BCUT2D eigenvalue weighted by Crippen LogP contribution is 2.26. The molecule has 2 unspecified atom stereocenters. The van der Waals surface area contributed by atoms with E-state index in [1.807, 2.05) is 31.3 Å². The number of para-hydroxylation sites is 2. The van der Waals surface area contributed by atoms with E-state index in [1.54, 1.807) is 7.11 Å². The molecular weight excluding hydrogens is 230 g/mol. The van der Waals surface area contributed by atoms with Crippen LogP contribution in [0.4, 0.5) is 0 Å². The van der Waals surface area contributed by atoms with Crippen molar-refractivity contribution in [2.45, 2.75) is 12.5 Å².